The third kappa shape index (κ3) is 4.10. The summed E-state index contributed by atoms with van der Waals surface area (Å²) in [5, 5.41) is 7.59. The lowest BCUT2D eigenvalue weighted by Gasteiger charge is -2.21. The number of fused-ring (bicyclic) bond motifs is 12. The van der Waals surface area contributed by atoms with Crippen molar-refractivity contribution in [1.82, 2.24) is 13.7 Å². The van der Waals surface area contributed by atoms with Gasteiger partial charge in [-0.05, 0) is 107 Å². The number of aromatic nitrogens is 3. The summed E-state index contributed by atoms with van der Waals surface area (Å²) in [6, 6.07) is 62.5. The summed E-state index contributed by atoms with van der Waals surface area (Å²) in [6.07, 6.45) is 0. The fourth-order valence-corrected chi connectivity index (χ4v) is 9.86. The van der Waals surface area contributed by atoms with Crippen LogP contribution in [-0.2, 0) is 5.41 Å². The highest BCUT2D eigenvalue weighted by Gasteiger charge is 2.36. The molecule has 0 spiro atoms. The van der Waals surface area contributed by atoms with E-state index in [-0.39, 0.29) is 11.0 Å². The maximum absolute atomic E-state index is 14.5. The normalized spacial score (nSPS) is 13.4. The molecule has 1 aliphatic carbocycles. The number of benzene rings is 8. The largest absolute Gasteiger partial charge is 0.309 e. The Labute approximate surface area is 322 Å². The second kappa shape index (κ2) is 11.2. The molecule has 4 heteroatoms. The smallest absolute Gasteiger partial charge is 0.263 e. The summed E-state index contributed by atoms with van der Waals surface area (Å²) < 4.78 is 6.60. The van der Waals surface area contributed by atoms with Crippen LogP contribution in [0.3, 0.4) is 0 Å². The van der Waals surface area contributed by atoms with E-state index in [1.807, 2.05) is 22.8 Å². The summed E-state index contributed by atoms with van der Waals surface area (Å²) in [5.74, 6) is 0. The van der Waals surface area contributed by atoms with Gasteiger partial charge in [0.2, 0.25) is 0 Å². The van der Waals surface area contributed by atoms with Crippen molar-refractivity contribution in [2.75, 3.05) is 0 Å². The van der Waals surface area contributed by atoms with E-state index in [9.17, 15) is 4.79 Å². The lowest BCUT2D eigenvalue weighted by atomic mass is 9.82. The molecule has 11 aromatic rings. The number of nitrogens with zero attached hydrogens (tertiary/aromatic N) is 3. The van der Waals surface area contributed by atoms with Crippen molar-refractivity contribution in [2.45, 2.75) is 19.3 Å². The molecule has 0 fully saturated rings. The molecule has 0 aliphatic heterocycles. The molecule has 56 heavy (non-hydrogen) atoms. The summed E-state index contributed by atoms with van der Waals surface area (Å²) >= 11 is 0. The molecule has 3 aromatic heterocycles. The minimum atomic E-state index is -0.106. The van der Waals surface area contributed by atoms with Crippen molar-refractivity contribution in [3.05, 3.63) is 197 Å². The average Bonchev–Trinajstić information content (AvgIpc) is 3.83. The number of hydrogen-bond acceptors (Lipinski definition) is 1. The Kier molecular flexibility index (Phi) is 6.23. The lowest BCUT2D eigenvalue weighted by molar-refractivity contribution is 0.661. The summed E-state index contributed by atoms with van der Waals surface area (Å²) in [5.41, 5.74) is 13.7. The Morgan fingerprint density at radius 2 is 0.804 bits per heavy atom. The van der Waals surface area contributed by atoms with E-state index in [4.69, 9.17) is 0 Å². The number of pyridine rings is 1. The highest BCUT2D eigenvalue weighted by Crippen LogP contribution is 2.51. The maximum atomic E-state index is 14.5. The summed E-state index contributed by atoms with van der Waals surface area (Å²) in [7, 11) is 0. The lowest BCUT2D eigenvalue weighted by Crippen LogP contribution is -2.19. The molecule has 0 bridgehead atoms. The van der Waals surface area contributed by atoms with Crippen molar-refractivity contribution in [2.24, 2.45) is 0 Å². The van der Waals surface area contributed by atoms with Crippen molar-refractivity contribution in [3.63, 3.8) is 0 Å². The van der Waals surface area contributed by atoms with Gasteiger partial charge >= 0.3 is 0 Å². The van der Waals surface area contributed by atoms with E-state index >= 15 is 0 Å². The van der Waals surface area contributed by atoms with Crippen LogP contribution in [0.4, 0.5) is 0 Å². The first-order valence-corrected chi connectivity index (χ1v) is 19.3. The SMILES string of the molecule is CC1(C)c2ccccc2-c2cc3c4ccccc4n(-c4ccc(-n5c(=O)c6ccccc6c6cc(-n7c8ccccc8c8ccccc87)ccc65)cc4)c3cc21. The van der Waals surface area contributed by atoms with Crippen molar-refractivity contribution >= 4 is 65.3 Å². The van der Waals surface area contributed by atoms with Crippen LogP contribution in [-0.4, -0.2) is 13.7 Å². The molecule has 1 aliphatic rings. The fourth-order valence-electron chi connectivity index (χ4n) is 9.86. The molecule has 0 amide bonds. The molecule has 0 radical (unpaired) electrons. The van der Waals surface area contributed by atoms with Gasteiger partial charge in [-0.3, -0.25) is 9.36 Å². The quantitative estimate of drug-likeness (QED) is 0.167. The van der Waals surface area contributed by atoms with Crippen molar-refractivity contribution in [3.8, 4) is 28.2 Å². The van der Waals surface area contributed by atoms with Gasteiger partial charge in [0, 0.05) is 54.8 Å². The topological polar surface area (TPSA) is 31.9 Å². The predicted molar refractivity (Wildman–Crippen MR) is 233 cm³/mol. The Hall–Kier alpha value is -7.17. The molecule has 0 atom stereocenters. The van der Waals surface area contributed by atoms with Crippen LogP contribution in [0, 0.1) is 0 Å². The number of hydrogen-bond donors (Lipinski definition) is 0. The molecular formula is C52H35N3O. The highest BCUT2D eigenvalue weighted by atomic mass is 16.1. The monoisotopic (exact) mass is 717 g/mol. The zero-order valence-corrected chi connectivity index (χ0v) is 31.0. The van der Waals surface area contributed by atoms with E-state index < -0.39 is 0 Å². The van der Waals surface area contributed by atoms with Crippen LogP contribution in [0.1, 0.15) is 25.0 Å². The van der Waals surface area contributed by atoms with Crippen LogP contribution in [0.5, 0.6) is 0 Å². The Morgan fingerprint density at radius 1 is 0.339 bits per heavy atom. The molecule has 4 nitrogen and oxygen atoms in total. The van der Waals surface area contributed by atoms with Gasteiger partial charge in [-0.2, -0.15) is 0 Å². The molecule has 8 aromatic carbocycles. The van der Waals surface area contributed by atoms with Gasteiger partial charge in [-0.1, -0.05) is 111 Å². The molecule has 0 unspecified atom stereocenters. The van der Waals surface area contributed by atoms with Crippen LogP contribution >= 0.6 is 0 Å². The van der Waals surface area contributed by atoms with Crippen molar-refractivity contribution < 1.29 is 0 Å². The maximum Gasteiger partial charge on any atom is 0.263 e. The molecule has 0 saturated heterocycles. The molecule has 3 heterocycles. The number of para-hydroxylation sites is 3. The summed E-state index contributed by atoms with van der Waals surface area (Å²) in [4.78, 5) is 14.5. The second-order valence-electron chi connectivity index (χ2n) is 15.7. The van der Waals surface area contributed by atoms with E-state index in [1.165, 1.54) is 49.3 Å². The van der Waals surface area contributed by atoms with E-state index in [0.717, 1.165) is 49.9 Å². The molecule has 0 saturated carbocycles. The van der Waals surface area contributed by atoms with Gasteiger partial charge in [0.15, 0.2) is 0 Å². The summed E-state index contributed by atoms with van der Waals surface area (Å²) in [6.45, 7) is 4.67. The molecule has 0 N–H and O–H groups in total. The minimum Gasteiger partial charge on any atom is -0.309 e. The van der Waals surface area contributed by atoms with Crippen LogP contribution in [0.15, 0.2) is 181 Å². The first-order valence-electron chi connectivity index (χ1n) is 19.3. The van der Waals surface area contributed by atoms with E-state index in [2.05, 4.69) is 181 Å². The third-order valence-corrected chi connectivity index (χ3v) is 12.5. The fraction of sp³-hybridized carbons (Fsp3) is 0.0577. The molecule has 264 valence electrons. The zero-order chi connectivity index (χ0) is 37.3. The predicted octanol–water partition coefficient (Wildman–Crippen LogP) is 12.6. The van der Waals surface area contributed by atoms with Crippen molar-refractivity contribution in [1.29, 1.82) is 0 Å². The minimum absolute atomic E-state index is 0.0281. The van der Waals surface area contributed by atoms with Crippen LogP contribution in [0.25, 0.3) is 93.5 Å². The van der Waals surface area contributed by atoms with Crippen LogP contribution in [0.2, 0.25) is 0 Å². The second-order valence-corrected chi connectivity index (χ2v) is 15.7. The van der Waals surface area contributed by atoms with E-state index in [0.29, 0.717) is 5.39 Å². The van der Waals surface area contributed by atoms with Gasteiger partial charge in [0.05, 0.1) is 27.6 Å². The van der Waals surface area contributed by atoms with Crippen LogP contribution < -0.4 is 5.56 Å². The zero-order valence-electron chi connectivity index (χ0n) is 31.0. The Morgan fingerprint density at radius 3 is 1.46 bits per heavy atom. The van der Waals surface area contributed by atoms with Gasteiger partial charge < -0.3 is 9.13 Å². The third-order valence-electron chi connectivity index (χ3n) is 12.5. The first kappa shape index (κ1) is 31.2. The Bertz CT molecular complexity index is 3470. The first-order chi connectivity index (χ1) is 27.5. The number of rotatable bonds is 3. The molecule has 12 rings (SSSR count). The standard InChI is InChI=1S/C52H35N3O/c1-52(2)44-19-9-5-14-36(44)41-30-43-39-17-8-12-22-48(39)53(50(43)31-45(41)52)32-23-25-33(26-24-32)55-49-28-27-34(29-42(49)35-13-3-4-18-40(35)51(55)56)54-46-20-10-6-15-37(46)38-16-7-11-21-47(38)54/h3-31H,1-2H3. The van der Waals surface area contributed by atoms with E-state index in [1.54, 1.807) is 0 Å². The average molecular weight is 718 g/mol. The van der Waals surface area contributed by atoms with Gasteiger partial charge in [-0.15, -0.1) is 0 Å². The van der Waals surface area contributed by atoms with Gasteiger partial charge in [0.1, 0.15) is 0 Å². The Balaban J connectivity index is 1.05. The van der Waals surface area contributed by atoms with Gasteiger partial charge in [-0.25, -0.2) is 0 Å². The molecular weight excluding hydrogens is 683 g/mol. The van der Waals surface area contributed by atoms with Gasteiger partial charge in [0.25, 0.3) is 5.56 Å². The highest BCUT2D eigenvalue weighted by molar-refractivity contribution is 6.13.